The number of nitrogens with one attached hydrogen (secondary N) is 1. The highest BCUT2D eigenvalue weighted by molar-refractivity contribution is 7.22. The number of thiophene rings is 1. The lowest BCUT2D eigenvalue weighted by molar-refractivity contribution is -0.122. The van der Waals surface area contributed by atoms with Gasteiger partial charge in [-0.05, 0) is 48.7 Å². The van der Waals surface area contributed by atoms with Gasteiger partial charge in [-0.3, -0.25) is 14.2 Å². The second-order valence-electron chi connectivity index (χ2n) is 6.83. The molecule has 1 atom stereocenters. The minimum Gasteiger partial charge on any atom is -0.497 e. The van der Waals surface area contributed by atoms with Gasteiger partial charge < -0.3 is 10.1 Å². The maximum Gasteiger partial charge on any atom is 0.271 e. The third kappa shape index (κ3) is 4.19. The molecule has 6 nitrogen and oxygen atoms in total. The number of ether oxygens (including phenoxy) is 1. The summed E-state index contributed by atoms with van der Waals surface area (Å²) >= 11 is 1.38. The number of rotatable bonds is 6. The van der Waals surface area contributed by atoms with Crippen molar-refractivity contribution in [2.75, 3.05) is 7.11 Å². The fraction of sp³-hybridized carbons (Fsp3) is 0.350. The average Bonchev–Trinajstić information content (AvgIpc) is 3.09. The van der Waals surface area contributed by atoms with Crippen molar-refractivity contribution in [1.29, 1.82) is 0 Å². The van der Waals surface area contributed by atoms with Crippen LogP contribution in [0.1, 0.15) is 20.8 Å². The number of benzene rings is 1. The van der Waals surface area contributed by atoms with Gasteiger partial charge in [0.25, 0.3) is 5.56 Å². The molecule has 0 radical (unpaired) electrons. The Morgan fingerprint density at radius 3 is 2.59 bits per heavy atom. The van der Waals surface area contributed by atoms with Crippen LogP contribution in [-0.4, -0.2) is 28.6 Å². The predicted octanol–water partition coefficient (Wildman–Crippen LogP) is 3.29. The molecule has 2 aromatic heterocycles. The summed E-state index contributed by atoms with van der Waals surface area (Å²) in [5, 5.41) is 2.91. The molecule has 3 aromatic rings. The monoisotopic (exact) mass is 385 g/mol. The van der Waals surface area contributed by atoms with E-state index in [0.717, 1.165) is 16.2 Å². The second-order valence-corrected chi connectivity index (χ2v) is 7.88. The number of hydrogen-bond acceptors (Lipinski definition) is 5. The van der Waals surface area contributed by atoms with Crippen molar-refractivity contribution in [2.24, 2.45) is 5.92 Å². The summed E-state index contributed by atoms with van der Waals surface area (Å²) in [6, 6.07) is 9.60. The van der Waals surface area contributed by atoms with Gasteiger partial charge in [0.2, 0.25) is 5.91 Å². The summed E-state index contributed by atoms with van der Waals surface area (Å²) in [6.45, 7) is 6.00. The molecule has 0 aliphatic heterocycles. The molecule has 0 unspecified atom stereocenters. The lowest BCUT2D eigenvalue weighted by Crippen LogP contribution is -2.39. The van der Waals surface area contributed by atoms with E-state index in [-0.39, 0.29) is 24.1 Å². The number of hydrogen-bond donors (Lipinski definition) is 1. The third-order valence-electron chi connectivity index (χ3n) is 4.58. The fourth-order valence-electron chi connectivity index (χ4n) is 2.58. The Hall–Kier alpha value is -2.67. The van der Waals surface area contributed by atoms with Crippen LogP contribution in [0, 0.1) is 5.92 Å². The van der Waals surface area contributed by atoms with Crippen LogP contribution in [0.15, 0.2) is 41.5 Å². The number of nitrogens with zero attached hydrogens (tertiary/aromatic N) is 2. The van der Waals surface area contributed by atoms with Crippen molar-refractivity contribution in [3.63, 3.8) is 0 Å². The van der Waals surface area contributed by atoms with Crippen LogP contribution in [0.5, 0.6) is 5.75 Å². The Morgan fingerprint density at radius 1 is 1.26 bits per heavy atom. The van der Waals surface area contributed by atoms with E-state index in [1.54, 1.807) is 7.11 Å². The van der Waals surface area contributed by atoms with Gasteiger partial charge in [-0.25, -0.2) is 4.98 Å². The molecule has 0 aliphatic carbocycles. The first-order chi connectivity index (χ1) is 12.9. The zero-order valence-corrected chi connectivity index (χ0v) is 16.7. The first-order valence-electron chi connectivity index (χ1n) is 8.82. The molecule has 0 fully saturated rings. The Bertz CT molecular complexity index is 1010. The summed E-state index contributed by atoms with van der Waals surface area (Å²) in [5.74, 6) is 0.920. The van der Waals surface area contributed by atoms with Gasteiger partial charge in [-0.2, -0.15) is 0 Å². The normalized spacial score (nSPS) is 12.3. The van der Waals surface area contributed by atoms with Gasteiger partial charge in [0.05, 0.1) is 19.0 Å². The maximum atomic E-state index is 12.8. The summed E-state index contributed by atoms with van der Waals surface area (Å²) in [5.41, 5.74) is 1.44. The summed E-state index contributed by atoms with van der Waals surface area (Å²) in [6.07, 6.45) is 1.44. The Labute approximate surface area is 161 Å². The van der Waals surface area contributed by atoms with E-state index in [2.05, 4.69) is 10.3 Å². The SMILES string of the molecule is COc1ccc(-c2cc3ncn(CC(=O)N[C@H](C)C(C)C)c(=O)c3s2)cc1. The number of carbonyl (C=O) groups excluding carboxylic acids is 1. The van der Waals surface area contributed by atoms with Gasteiger partial charge in [0.15, 0.2) is 0 Å². The topological polar surface area (TPSA) is 73.2 Å². The molecular formula is C20H23N3O3S. The number of fused-ring (bicyclic) bond motifs is 1. The molecule has 0 spiro atoms. The van der Waals surface area contributed by atoms with E-state index in [9.17, 15) is 9.59 Å². The smallest absolute Gasteiger partial charge is 0.271 e. The molecule has 3 rings (SSSR count). The minimum absolute atomic E-state index is 0.0331. The first kappa shape index (κ1) is 19.1. The first-order valence-corrected chi connectivity index (χ1v) is 9.63. The van der Waals surface area contributed by atoms with Crippen LogP contribution in [0.3, 0.4) is 0 Å². The van der Waals surface area contributed by atoms with Crippen LogP contribution < -0.4 is 15.6 Å². The standard InChI is InChI=1S/C20H23N3O3S/c1-12(2)13(3)22-18(24)10-23-11-21-16-9-17(27-19(16)20(23)25)14-5-7-15(26-4)8-6-14/h5-9,11-13H,10H2,1-4H3,(H,22,24)/t13-/m1/s1. The molecule has 0 saturated carbocycles. The van der Waals surface area contributed by atoms with Crippen LogP contribution in [0.2, 0.25) is 0 Å². The van der Waals surface area contributed by atoms with Crippen LogP contribution in [0.4, 0.5) is 0 Å². The molecule has 7 heteroatoms. The summed E-state index contributed by atoms with van der Waals surface area (Å²) < 4.78 is 7.09. The molecule has 142 valence electrons. The van der Waals surface area contributed by atoms with Gasteiger partial charge in [0, 0.05) is 10.9 Å². The zero-order chi connectivity index (χ0) is 19.6. The van der Waals surface area contributed by atoms with E-state index >= 15 is 0 Å². The van der Waals surface area contributed by atoms with Gasteiger partial charge in [-0.15, -0.1) is 11.3 Å². The van der Waals surface area contributed by atoms with E-state index in [1.807, 2.05) is 51.1 Å². The maximum absolute atomic E-state index is 12.8. The Kier molecular flexibility index (Phi) is 5.60. The molecule has 0 saturated heterocycles. The van der Waals surface area contributed by atoms with Gasteiger partial charge >= 0.3 is 0 Å². The number of amides is 1. The highest BCUT2D eigenvalue weighted by Crippen LogP contribution is 2.31. The highest BCUT2D eigenvalue weighted by atomic mass is 32.1. The number of aromatic nitrogens is 2. The van der Waals surface area contributed by atoms with E-state index in [0.29, 0.717) is 16.1 Å². The third-order valence-corrected chi connectivity index (χ3v) is 5.74. The van der Waals surface area contributed by atoms with Gasteiger partial charge in [0.1, 0.15) is 17.0 Å². The van der Waals surface area contributed by atoms with Crippen molar-refractivity contribution < 1.29 is 9.53 Å². The van der Waals surface area contributed by atoms with Gasteiger partial charge in [-0.1, -0.05) is 13.8 Å². The molecule has 0 aliphatic rings. The largest absolute Gasteiger partial charge is 0.497 e. The lowest BCUT2D eigenvalue weighted by atomic mass is 10.1. The molecule has 1 amide bonds. The minimum atomic E-state index is -0.197. The number of carbonyl (C=O) groups is 1. The van der Waals surface area contributed by atoms with E-state index in [4.69, 9.17) is 4.74 Å². The van der Waals surface area contributed by atoms with Crippen molar-refractivity contribution in [1.82, 2.24) is 14.9 Å². The molecule has 1 N–H and O–H groups in total. The Balaban J connectivity index is 1.86. The molecular weight excluding hydrogens is 362 g/mol. The van der Waals surface area contributed by atoms with E-state index in [1.165, 1.54) is 22.2 Å². The predicted molar refractivity (Wildman–Crippen MR) is 108 cm³/mol. The second kappa shape index (κ2) is 7.92. The van der Waals surface area contributed by atoms with Crippen molar-refractivity contribution in [2.45, 2.75) is 33.4 Å². The van der Waals surface area contributed by atoms with Crippen LogP contribution in [-0.2, 0) is 11.3 Å². The summed E-state index contributed by atoms with van der Waals surface area (Å²) in [7, 11) is 1.62. The van der Waals surface area contributed by atoms with Crippen molar-refractivity contribution >= 4 is 27.5 Å². The highest BCUT2D eigenvalue weighted by Gasteiger charge is 2.14. The zero-order valence-electron chi connectivity index (χ0n) is 15.9. The average molecular weight is 385 g/mol. The fourth-order valence-corrected chi connectivity index (χ4v) is 3.64. The summed E-state index contributed by atoms with van der Waals surface area (Å²) in [4.78, 5) is 30.3. The van der Waals surface area contributed by atoms with Crippen LogP contribution >= 0.6 is 11.3 Å². The molecule has 0 bridgehead atoms. The lowest BCUT2D eigenvalue weighted by Gasteiger charge is -2.17. The van der Waals surface area contributed by atoms with Crippen molar-refractivity contribution in [3.05, 3.63) is 47.0 Å². The molecule has 1 aromatic carbocycles. The molecule has 2 heterocycles. The Morgan fingerprint density at radius 2 is 1.96 bits per heavy atom. The molecule has 27 heavy (non-hydrogen) atoms. The van der Waals surface area contributed by atoms with Crippen molar-refractivity contribution in [3.8, 4) is 16.2 Å². The van der Waals surface area contributed by atoms with E-state index < -0.39 is 0 Å². The quantitative estimate of drug-likeness (QED) is 0.707. The number of methoxy groups -OCH3 is 1. The van der Waals surface area contributed by atoms with Crippen LogP contribution in [0.25, 0.3) is 20.7 Å².